The van der Waals surface area contributed by atoms with Gasteiger partial charge in [-0.05, 0) is 69.5 Å². The van der Waals surface area contributed by atoms with Crippen LogP contribution in [0.4, 0.5) is 10.5 Å². The third-order valence-corrected chi connectivity index (χ3v) is 11.9. The number of rotatable bonds is 12. The number of carbonyl (C=O) groups excluding carboxylic acids is 5. The summed E-state index contributed by atoms with van der Waals surface area (Å²) in [6.07, 6.45) is 0.449. The quantitative estimate of drug-likeness (QED) is 0.0747. The van der Waals surface area contributed by atoms with Crippen LogP contribution in [0.1, 0.15) is 54.3 Å². The molecule has 13 nitrogen and oxygen atoms in total. The maximum atomic E-state index is 16.1. The number of cyclic esters (lactones) is 1. The van der Waals surface area contributed by atoms with Gasteiger partial charge < -0.3 is 29.4 Å². The minimum atomic E-state index is -2.08. The molecular weight excluding hydrogens is 869 g/mol. The largest absolute Gasteiger partial charge is 0.491 e. The number of aliphatic hydroxyl groups is 1. The van der Waals surface area contributed by atoms with Gasteiger partial charge in [0.15, 0.2) is 0 Å². The number of nitrogens with one attached hydrogen (secondary N) is 1. The van der Waals surface area contributed by atoms with Crippen LogP contribution in [0.3, 0.4) is 0 Å². The van der Waals surface area contributed by atoms with Gasteiger partial charge >= 0.3 is 23.9 Å². The molecule has 3 amide bonds. The lowest BCUT2D eigenvalue weighted by Crippen LogP contribution is -2.56. The number of benzene rings is 4. The number of hydrogen-bond acceptors (Lipinski definition) is 11. The first-order valence-corrected chi connectivity index (χ1v) is 20.3. The molecule has 0 aromatic heterocycles. The van der Waals surface area contributed by atoms with Gasteiger partial charge in [0, 0.05) is 9.13 Å². The third-order valence-electron chi connectivity index (χ3n) is 11.2. The van der Waals surface area contributed by atoms with E-state index >= 15 is 14.4 Å². The lowest BCUT2D eigenvalue weighted by Gasteiger charge is -2.46. The van der Waals surface area contributed by atoms with E-state index in [4.69, 9.17) is 18.9 Å². The zero-order chi connectivity index (χ0) is 42.0. The first-order chi connectivity index (χ1) is 28.5. The fourth-order valence-electron chi connectivity index (χ4n) is 8.86. The predicted octanol–water partition coefficient (Wildman–Crippen LogP) is 5.96. The van der Waals surface area contributed by atoms with E-state index in [-0.39, 0.29) is 36.8 Å². The van der Waals surface area contributed by atoms with Crippen LogP contribution in [0.15, 0.2) is 116 Å². The van der Waals surface area contributed by atoms with Gasteiger partial charge in [0.25, 0.3) is 0 Å². The first-order valence-electron chi connectivity index (χ1n) is 19.2. The van der Waals surface area contributed by atoms with Crippen molar-refractivity contribution in [2.24, 2.45) is 11.8 Å². The molecule has 4 aromatic rings. The second kappa shape index (κ2) is 17.3. The van der Waals surface area contributed by atoms with E-state index in [1.165, 1.54) is 13.2 Å². The number of anilines is 1. The molecule has 7 atom stereocenters. The summed E-state index contributed by atoms with van der Waals surface area (Å²) >= 11 is 2.10. The van der Waals surface area contributed by atoms with Crippen molar-refractivity contribution in [1.82, 2.24) is 10.2 Å². The number of ether oxygens (including phenoxy) is 4. The summed E-state index contributed by atoms with van der Waals surface area (Å²) in [7, 11) is 1.21. The van der Waals surface area contributed by atoms with E-state index < -0.39 is 77.4 Å². The molecule has 59 heavy (non-hydrogen) atoms. The molecular formula is C45H44IN3O10. The lowest BCUT2D eigenvalue weighted by atomic mass is 9.65. The molecule has 0 saturated carbocycles. The maximum Gasteiger partial charge on any atom is 0.329 e. The van der Waals surface area contributed by atoms with Gasteiger partial charge in [-0.15, -0.1) is 0 Å². The van der Waals surface area contributed by atoms with E-state index in [1.807, 2.05) is 65.6 Å². The number of amides is 3. The predicted molar refractivity (Wildman–Crippen MR) is 224 cm³/mol. The first kappa shape index (κ1) is 41.6. The second-order valence-electron chi connectivity index (χ2n) is 14.8. The summed E-state index contributed by atoms with van der Waals surface area (Å²) in [6.45, 7) is 6.50. The smallest absolute Gasteiger partial charge is 0.329 e. The molecule has 0 bridgehead atoms. The topological polar surface area (TPSA) is 161 Å². The molecule has 3 heterocycles. The summed E-state index contributed by atoms with van der Waals surface area (Å²) in [5.41, 5.74) is 0.128. The fraction of sp³-hybridized carbons (Fsp3) is 0.311. The Bertz CT molecular complexity index is 2250. The number of halogens is 1. The van der Waals surface area contributed by atoms with Gasteiger partial charge in [0.05, 0.1) is 31.5 Å². The molecule has 0 radical (unpaired) electrons. The summed E-state index contributed by atoms with van der Waals surface area (Å²) in [6, 6.07) is 25.0. The Hall–Kier alpha value is -5.58. The molecule has 14 heteroatoms. The molecule has 3 aliphatic heterocycles. The number of urea groups is 1. The second-order valence-corrected chi connectivity index (χ2v) is 16.0. The van der Waals surface area contributed by atoms with E-state index in [0.29, 0.717) is 20.3 Å². The van der Waals surface area contributed by atoms with Gasteiger partial charge in [-0.3, -0.25) is 19.3 Å². The highest BCUT2D eigenvalue weighted by Gasteiger charge is 2.76. The zero-order valence-corrected chi connectivity index (χ0v) is 34.8. The minimum absolute atomic E-state index is 0.108. The minimum Gasteiger partial charge on any atom is -0.491 e. The number of carbonyl (C=O) groups is 5. The Morgan fingerprint density at radius 2 is 1.61 bits per heavy atom. The normalized spacial score (nSPS) is 23.9. The van der Waals surface area contributed by atoms with Crippen LogP contribution in [0.25, 0.3) is 0 Å². The lowest BCUT2D eigenvalue weighted by molar-refractivity contribution is -0.180. The molecule has 1 spiro atoms. The average Bonchev–Trinajstić information content (AvgIpc) is 3.70. The van der Waals surface area contributed by atoms with Crippen molar-refractivity contribution in [3.05, 3.63) is 142 Å². The van der Waals surface area contributed by atoms with Crippen LogP contribution >= 0.6 is 22.6 Å². The van der Waals surface area contributed by atoms with E-state index in [0.717, 1.165) is 4.90 Å². The number of nitrogens with zero attached hydrogens (tertiary/aromatic N) is 2. The van der Waals surface area contributed by atoms with Gasteiger partial charge in [0.2, 0.25) is 5.91 Å². The summed E-state index contributed by atoms with van der Waals surface area (Å²) in [5, 5.41) is 12.6. The van der Waals surface area contributed by atoms with E-state index in [9.17, 15) is 14.7 Å². The molecule has 2 fully saturated rings. The van der Waals surface area contributed by atoms with Crippen LogP contribution < -0.4 is 15.0 Å². The Morgan fingerprint density at radius 1 is 0.949 bits per heavy atom. The van der Waals surface area contributed by atoms with Crippen molar-refractivity contribution in [3.8, 4) is 5.75 Å². The summed E-state index contributed by atoms with van der Waals surface area (Å²) in [4.78, 5) is 76.6. The summed E-state index contributed by atoms with van der Waals surface area (Å²) in [5.74, 6) is -5.00. The van der Waals surface area contributed by atoms with Crippen molar-refractivity contribution in [1.29, 1.82) is 0 Å². The van der Waals surface area contributed by atoms with Crippen molar-refractivity contribution >= 4 is 58.1 Å². The maximum absolute atomic E-state index is 16.1. The molecule has 4 aromatic carbocycles. The van der Waals surface area contributed by atoms with Crippen LogP contribution in [-0.4, -0.2) is 78.9 Å². The number of imide groups is 1. The number of para-hydroxylation sites is 1. The van der Waals surface area contributed by atoms with Crippen LogP contribution in [0.5, 0.6) is 5.75 Å². The zero-order valence-electron chi connectivity index (χ0n) is 32.7. The Morgan fingerprint density at radius 3 is 2.25 bits per heavy atom. The highest BCUT2D eigenvalue weighted by molar-refractivity contribution is 14.1. The molecule has 306 valence electrons. The van der Waals surface area contributed by atoms with Crippen molar-refractivity contribution < 1.29 is 48.0 Å². The average molecular weight is 914 g/mol. The van der Waals surface area contributed by atoms with E-state index in [1.54, 1.807) is 56.3 Å². The van der Waals surface area contributed by atoms with Gasteiger partial charge in [-0.25, -0.2) is 14.5 Å². The van der Waals surface area contributed by atoms with Crippen molar-refractivity contribution in [3.63, 3.8) is 0 Å². The van der Waals surface area contributed by atoms with Gasteiger partial charge in [-0.2, -0.15) is 0 Å². The number of methoxy groups -OCH3 is 1. The number of esters is 3. The molecule has 2 N–H and O–H groups in total. The Balaban J connectivity index is 1.58. The number of fused-ring (bicyclic) bond motifs is 3. The van der Waals surface area contributed by atoms with Gasteiger partial charge in [-0.1, -0.05) is 105 Å². The Labute approximate surface area is 355 Å². The van der Waals surface area contributed by atoms with Gasteiger partial charge in [0.1, 0.15) is 48.5 Å². The summed E-state index contributed by atoms with van der Waals surface area (Å²) < 4.78 is 24.1. The third kappa shape index (κ3) is 7.16. The molecule has 0 unspecified atom stereocenters. The number of hydrogen-bond donors (Lipinski definition) is 2. The van der Waals surface area contributed by atoms with Crippen LogP contribution in [0.2, 0.25) is 0 Å². The SMILES string of the molecule is C=CCOC(=O)[C@@H]1[C@H]2C(=O)O[C@H](c3ccccc3)[C@H](c3ccccc3)N2[C@H](c2ccccc2OCCO)[C@@]12C(=O)N(C(=O)N[C@H](C(=O)OC)C(C)C)c1ccc(I)cc12. The Kier molecular flexibility index (Phi) is 12.2. The standard InChI is InChI=1S/C45H44IN3O10/c1-5-23-58-40(51)34-37-42(53)59-38(28-16-10-7-11-17-28)36(27-14-8-6-9-15-27)49(37)39(30-18-12-13-19-33(30)57-24-22-50)45(34)31-25-29(46)20-21-32(31)48(43(45)54)44(55)47-35(26(2)3)41(52)56-4/h5-21,25-26,34-39,50H,1,22-24H2,2-4H3,(H,47,55)/t34-,35-,36-,37-,38+,39+,45-/m0/s1. The van der Waals surface area contributed by atoms with Crippen LogP contribution in [0, 0.1) is 15.4 Å². The highest BCUT2D eigenvalue weighted by Crippen LogP contribution is 2.66. The molecule has 3 aliphatic rings. The molecule has 7 rings (SSSR count). The highest BCUT2D eigenvalue weighted by atomic mass is 127. The molecule has 2 saturated heterocycles. The number of aliphatic hydroxyl groups excluding tert-OH is 1. The monoisotopic (exact) mass is 913 g/mol. The van der Waals surface area contributed by atoms with Crippen molar-refractivity contribution in [2.45, 2.75) is 49.5 Å². The fourth-order valence-corrected chi connectivity index (χ4v) is 9.35. The van der Waals surface area contributed by atoms with Crippen molar-refractivity contribution in [2.75, 3.05) is 31.8 Å². The van der Waals surface area contributed by atoms with E-state index in [2.05, 4.69) is 34.5 Å². The number of morpholine rings is 1. The van der Waals surface area contributed by atoms with Crippen LogP contribution in [-0.2, 0) is 38.8 Å². The molecule has 0 aliphatic carbocycles.